The van der Waals surface area contributed by atoms with Gasteiger partial charge in [0, 0.05) is 44.3 Å². The molecule has 1 aromatic heterocycles. The molecule has 3 aliphatic rings. The van der Waals surface area contributed by atoms with Crippen LogP contribution in [0.3, 0.4) is 0 Å². The number of aromatic nitrogens is 1. The molecule has 1 spiro atoms. The summed E-state index contributed by atoms with van der Waals surface area (Å²) in [4.78, 5) is 47.4. The maximum Gasteiger partial charge on any atom is 0.325 e. The molecule has 3 fully saturated rings. The Labute approximate surface area is 164 Å². The third-order valence-corrected chi connectivity index (χ3v) is 6.46. The number of pyridine rings is 1. The smallest absolute Gasteiger partial charge is 0.325 e. The lowest BCUT2D eigenvalue weighted by Crippen LogP contribution is -2.55. The summed E-state index contributed by atoms with van der Waals surface area (Å²) in [5, 5.41) is 2.91. The van der Waals surface area contributed by atoms with Crippen LogP contribution in [0.25, 0.3) is 0 Å². The van der Waals surface area contributed by atoms with Crippen LogP contribution in [0.15, 0.2) is 24.5 Å². The lowest BCUT2D eigenvalue weighted by Gasteiger charge is -2.37. The van der Waals surface area contributed by atoms with Gasteiger partial charge in [-0.2, -0.15) is 0 Å². The zero-order valence-corrected chi connectivity index (χ0v) is 16.3. The summed E-state index contributed by atoms with van der Waals surface area (Å²) < 4.78 is 0. The Kier molecular flexibility index (Phi) is 4.95. The Morgan fingerprint density at radius 2 is 1.89 bits per heavy atom. The molecule has 4 rings (SSSR count). The third kappa shape index (κ3) is 3.21. The van der Waals surface area contributed by atoms with E-state index in [0.29, 0.717) is 19.5 Å². The molecule has 8 heteroatoms. The second-order valence-corrected chi connectivity index (χ2v) is 8.01. The molecule has 1 aromatic rings. The van der Waals surface area contributed by atoms with Gasteiger partial charge in [-0.3, -0.25) is 19.5 Å². The van der Waals surface area contributed by atoms with E-state index in [-0.39, 0.29) is 24.3 Å². The van der Waals surface area contributed by atoms with Crippen molar-refractivity contribution in [3.8, 4) is 0 Å². The van der Waals surface area contributed by atoms with Crippen molar-refractivity contribution < 1.29 is 14.4 Å². The topological polar surface area (TPSA) is 85.8 Å². The van der Waals surface area contributed by atoms with Crippen LogP contribution in [0.1, 0.15) is 32.6 Å². The maximum atomic E-state index is 13.0. The number of urea groups is 1. The van der Waals surface area contributed by atoms with E-state index in [9.17, 15) is 14.4 Å². The van der Waals surface area contributed by atoms with E-state index in [4.69, 9.17) is 0 Å². The van der Waals surface area contributed by atoms with Crippen LogP contribution in [0.4, 0.5) is 10.5 Å². The molecule has 8 nitrogen and oxygen atoms in total. The fourth-order valence-electron chi connectivity index (χ4n) is 4.64. The fraction of sp³-hybridized carbons (Fsp3) is 0.600. The molecule has 4 amide bonds. The van der Waals surface area contributed by atoms with Crippen LogP contribution in [0.2, 0.25) is 0 Å². The standard InChI is InChI=1S/C20H27N5O3/c1-15-4-2-3-7-20(15)18(27)25(19(28)22-20)14-17(26)24-12-10-23(11-13-24)16-5-8-21-9-6-16/h5-6,8-9,15H,2-4,7,10-14H2,1H3,(H,22,28). The van der Waals surface area contributed by atoms with E-state index < -0.39 is 11.6 Å². The van der Waals surface area contributed by atoms with E-state index in [1.165, 1.54) is 0 Å². The first kappa shape index (κ1) is 18.7. The quantitative estimate of drug-likeness (QED) is 0.791. The number of carbonyl (C=O) groups is 3. The van der Waals surface area contributed by atoms with Gasteiger partial charge in [0.2, 0.25) is 5.91 Å². The minimum absolute atomic E-state index is 0.0988. The predicted octanol–water partition coefficient (Wildman–Crippen LogP) is 1.23. The van der Waals surface area contributed by atoms with E-state index in [0.717, 1.165) is 42.9 Å². The summed E-state index contributed by atoms with van der Waals surface area (Å²) in [6.45, 7) is 4.43. The largest absolute Gasteiger partial charge is 0.368 e. The summed E-state index contributed by atoms with van der Waals surface area (Å²) in [5.41, 5.74) is 0.278. The van der Waals surface area contributed by atoms with Gasteiger partial charge in [-0.05, 0) is 30.9 Å². The van der Waals surface area contributed by atoms with Crippen molar-refractivity contribution in [2.24, 2.45) is 5.92 Å². The SMILES string of the molecule is CC1CCCCC12NC(=O)N(CC(=O)N1CCN(c3ccncc3)CC1)C2=O. The Balaban J connectivity index is 1.36. The highest BCUT2D eigenvalue weighted by atomic mass is 16.2. The predicted molar refractivity (Wildman–Crippen MR) is 104 cm³/mol. The summed E-state index contributed by atoms with van der Waals surface area (Å²) in [7, 11) is 0. The van der Waals surface area contributed by atoms with Crippen molar-refractivity contribution in [2.75, 3.05) is 37.6 Å². The lowest BCUT2D eigenvalue weighted by molar-refractivity contribution is -0.140. The number of carbonyl (C=O) groups excluding carboxylic acids is 3. The monoisotopic (exact) mass is 385 g/mol. The van der Waals surface area contributed by atoms with Crippen molar-refractivity contribution >= 4 is 23.5 Å². The average molecular weight is 385 g/mol. The first-order valence-electron chi connectivity index (χ1n) is 10.1. The van der Waals surface area contributed by atoms with Gasteiger partial charge in [-0.15, -0.1) is 0 Å². The number of nitrogens with one attached hydrogen (secondary N) is 1. The molecule has 1 N–H and O–H groups in total. The molecule has 2 aliphatic heterocycles. The Bertz CT molecular complexity index is 762. The summed E-state index contributed by atoms with van der Waals surface area (Å²) >= 11 is 0. The van der Waals surface area contributed by atoms with Crippen LogP contribution in [-0.2, 0) is 9.59 Å². The van der Waals surface area contributed by atoms with Crippen molar-refractivity contribution in [3.05, 3.63) is 24.5 Å². The van der Waals surface area contributed by atoms with Gasteiger partial charge >= 0.3 is 6.03 Å². The second-order valence-electron chi connectivity index (χ2n) is 8.01. The number of rotatable bonds is 3. The Morgan fingerprint density at radius 3 is 2.57 bits per heavy atom. The number of piperazine rings is 1. The van der Waals surface area contributed by atoms with E-state index in [1.807, 2.05) is 19.1 Å². The van der Waals surface area contributed by atoms with Crippen molar-refractivity contribution in [3.63, 3.8) is 0 Å². The summed E-state index contributed by atoms with van der Waals surface area (Å²) in [6.07, 6.45) is 7.10. The second kappa shape index (κ2) is 7.41. The van der Waals surface area contributed by atoms with Crippen molar-refractivity contribution in [1.82, 2.24) is 20.1 Å². The first-order chi connectivity index (χ1) is 13.5. The molecular formula is C20H27N5O3. The summed E-state index contributed by atoms with van der Waals surface area (Å²) in [6, 6.07) is 3.48. The average Bonchev–Trinajstić information content (AvgIpc) is 2.96. The molecule has 1 saturated carbocycles. The number of nitrogens with zero attached hydrogens (tertiary/aromatic N) is 4. The van der Waals surface area contributed by atoms with Gasteiger partial charge in [0.25, 0.3) is 5.91 Å². The van der Waals surface area contributed by atoms with Crippen molar-refractivity contribution in [2.45, 2.75) is 38.1 Å². The highest BCUT2D eigenvalue weighted by molar-refractivity contribution is 6.09. The van der Waals surface area contributed by atoms with E-state index >= 15 is 0 Å². The van der Waals surface area contributed by atoms with E-state index in [2.05, 4.69) is 15.2 Å². The lowest BCUT2D eigenvalue weighted by atomic mass is 9.73. The number of imide groups is 1. The van der Waals surface area contributed by atoms with Crippen LogP contribution in [-0.4, -0.2) is 70.9 Å². The molecule has 0 bridgehead atoms. The van der Waals surface area contributed by atoms with Crippen LogP contribution < -0.4 is 10.2 Å². The first-order valence-corrected chi connectivity index (χ1v) is 10.1. The highest BCUT2D eigenvalue weighted by Gasteiger charge is 2.55. The molecule has 2 saturated heterocycles. The molecule has 0 aromatic carbocycles. The molecule has 150 valence electrons. The normalized spacial score (nSPS) is 28.0. The zero-order valence-electron chi connectivity index (χ0n) is 16.3. The number of anilines is 1. The van der Waals surface area contributed by atoms with Gasteiger partial charge in [0.15, 0.2) is 0 Å². The Morgan fingerprint density at radius 1 is 1.18 bits per heavy atom. The minimum atomic E-state index is -0.810. The maximum absolute atomic E-state index is 13.0. The molecule has 2 unspecified atom stereocenters. The molecule has 1 aliphatic carbocycles. The zero-order chi connectivity index (χ0) is 19.7. The van der Waals surface area contributed by atoms with Crippen LogP contribution >= 0.6 is 0 Å². The minimum Gasteiger partial charge on any atom is -0.368 e. The Hall–Kier alpha value is -2.64. The fourth-order valence-corrected chi connectivity index (χ4v) is 4.64. The molecule has 28 heavy (non-hydrogen) atoms. The number of hydrogen-bond acceptors (Lipinski definition) is 5. The van der Waals surface area contributed by atoms with Gasteiger partial charge in [-0.1, -0.05) is 19.8 Å². The molecule has 2 atom stereocenters. The van der Waals surface area contributed by atoms with Gasteiger partial charge < -0.3 is 15.1 Å². The van der Waals surface area contributed by atoms with Crippen LogP contribution in [0.5, 0.6) is 0 Å². The highest BCUT2D eigenvalue weighted by Crippen LogP contribution is 2.38. The molecule has 0 radical (unpaired) electrons. The van der Waals surface area contributed by atoms with E-state index in [1.54, 1.807) is 17.3 Å². The van der Waals surface area contributed by atoms with Gasteiger partial charge in [0.1, 0.15) is 12.1 Å². The van der Waals surface area contributed by atoms with Gasteiger partial charge in [0.05, 0.1) is 0 Å². The molecule has 3 heterocycles. The van der Waals surface area contributed by atoms with Gasteiger partial charge in [-0.25, -0.2) is 4.79 Å². The number of hydrogen-bond donors (Lipinski definition) is 1. The molecular weight excluding hydrogens is 358 g/mol. The summed E-state index contributed by atoms with van der Waals surface area (Å²) in [5.74, 6) is -0.298. The third-order valence-electron chi connectivity index (χ3n) is 6.46. The van der Waals surface area contributed by atoms with Crippen molar-refractivity contribution in [1.29, 1.82) is 0 Å². The number of amides is 4. The van der Waals surface area contributed by atoms with Crippen LogP contribution in [0, 0.1) is 5.92 Å².